The number of aromatic nitrogens is 1. The predicted molar refractivity (Wildman–Crippen MR) is 108 cm³/mol. The summed E-state index contributed by atoms with van der Waals surface area (Å²) in [4.78, 5) is 21.7. The maximum atomic E-state index is 13.0. The predicted octanol–water partition coefficient (Wildman–Crippen LogP) is 1.74. The highest BCUT2D eigenvalue weighted by molar-refractivity contribution is 5.82. The molecular formula is C21H27N5O2. The quantitative estimate of drug-likeness (QED) is 0.841. The molecule has 0 bridgehead atoms. The molecule has 0 radical (unpaired) electrons. The number of hydrogen-bond donors (Lipinski definition) is 2. The molecular weight excluding hydrogens is 354 g/mol. The Bertz CT molecular complexity index is 783. The normalized spacial score (nSPS) is 22.8. The second kappa shape index (κ2) is 8.58. The van der Waals surface area contributed by atoms with Crippen molar-refractivity contribution in [3.05, 3.63) is 54.4 Å². The number of methoxy groups -OCH3 is 1. The zero-order valence-corrected chi connectivity index (χ0v) is 16.2. The van der Waals surface area contributed by atoms with Crippen molar-refractivity contribution in [2.24, 2.45) is 0 Å². The van der Waals surface area contributed by atoms with E-state index in [1.54, 1.807) is 13.3 Å². The molecule has 7 nitrogen and oxygen atoms in total. The molecule has 2 unspecified atom stereocenters. The summed E-state index contributed by atoms with van der Waals surface area (Å²) in [7, 11) is 1.68. The molecule has 7 heteroatoms. The number of hydrazine groups is 1. The average Bonchev–Trinajstić information content (AvgIpc) is 3.12. The number of rotatable bonds is 4. The van der Waals surface area contributed by atoms with Crippen molar-refractivity contribution in [1.29, 1.82) is 0 Å². The largest absolute Gasteiger partial charge is 0.497 e. The van der Waals surface area contributed by atoms with Crippen LogP contribution in [0, 0.1) is 0 Å². The fourth-order valence-electron chi connectivity index (χ4n) is 3.90. The molecule has 2 N–H and O–H groups in total. The van der Waals surface area contributed by atoms with Gasteiger partial charge in [-0.25, -0.2) is 10.9 Å². The molecule has 1 aromatic carbocycles. The minimum absolute atomic E-state index is 0.0675. The van der Waals surface area contributed by atoms with Crippen LogP contribution in [-0.4, -0.2) is 55.1 Å². The Hall–Kier alpha value is -2.64. The molecule has 0 saturated carbocycles. The van der Waals surface area contributed by atoms with Gasteiger partial charge in [0.05, 0.1) is 18.8 Å². The number of amides is 1. The molecule has 0 spiro atoms. The number of pyridine rings is 1. The zero-order chi connectivity index (χ0) is 19.3. The van der Waals surface area contributed by atoms with E-state index in [0.717, 1.165) is 44.0 Å². The fraction of sp³-hybridized carbons (Fsp3) is 0.429. The lowest BCUT2D eigenvalue weighted by Crippen LogP contribution is -2.46. The van der Waals surface area contributed by atoms with Gasteiger partial charge in [-0.3, -0.25) is 9.78 Å². The maximum absolute atomic E-state index is 13.0. The number of hydrogen-bond acceptors (Lipinski definition) is 6. The van der Waals surface area contributed by atoms with E-state index in [4.69, 9.17) is 4.74 Å². The lowest BCUT2D eigenvalue weighted by Gasteiger charge is -2.25. The van der Waals surface area contributed by atoms with Crippen LogP contribution in [-0.2, 0) is 4.79 Å². The number of benzene rings is 1. The lowest BCUT2D eigenvalue weighted by atomic mass is 10.1. The van der Waals surface area contributed by atoms with Gasteiger partial charge in [-0.05, 0) is 49.2 Å². The minimum Gasteiger partial charge on any atom is -0.497 e. The third-order valence-electron chi connectivity index (χ3n) is 5.49. The van der Waals surface area contributed by atoms with Crippen LogP contribution in [0.25, 0.3) is 0 Å². The van der Waals surface area contributed by atoms with Crippen molar-refractivity contribution in [3.8, 4) is 5.75 Å². The van der Waals surface area contributed by atoms with Crippen molar-refractivity contribution in [2.75, 3.05) is 38.2 Å². The molecule has 2 fully saturated rings. The van der Waals surface area contributed by atoms with Crippen LogP contribution in [0.5, 0.6) is 5.75 Å². The van der Waals surface area contributed by atoms with Gasteiger partial charge in [-0.15, -0.1) is 0 Å². The highest BCUT2D eigenvalue weighted by Crippen LogP contribution is 2.23. The summed E-state index contributed by atoms with van der Waals surface area (Å²) in [5.74, 6) is 1.03. The Morgan fingerprint density at radius 2 is 1.93 bits per heavy atom. The van der Waals surface area contributed by atoms with E-state index in [-0.39, 0.29) is 18.0 Å². The lowest BCUT2D eigenvalue weighted by molar-refractivity contribution is -0.133. The molecule has 2 aliphatic rings. The first-order valence-corrected chi connectivity index (χ1v) is 9.84. The van der Waals surface area contributed by atoms with E-state index in [0.29, 0.717) is 6.42 Å². The number of carbonyl (C=O) groups excluding carboxylic acids is 1. The Morgan fingerprint density at radius 3 is 2.68 bits per heavy atom. The van der Waals surface area contributed by atoms with Gasteiger partial charge < -0.3 is 14.5 Å². The molecule has 1 aromatic heterocycles. The topological polar surface area (TPSA) is 69.7 Å². The van der Waals surface area contributed by atoms with Crippen molar-refractivity contribution >= 4 is 11.6 Å². The SMILES string of the molecule is COc1ccc(N2CCCN(C(=O)C3CC(c4ccccn4)NN3)CC2)cc1. The van der Waals surface area contributed by atoms with Crippen molar-refractivity contribution in [2.45, 2.75) is 24.9 Å². The van der Waals surface area contributed by atoms with Crippen molar-refractivity contribution in [3.63, 3.8) is 0 Å². The monoisotopic (exact) mass is 381 g/mol. The van der Waals surface area contributed by atoms with Crippen LogP contribution in [0.4, 0.5) is 5.69 Å². The second-order valence-electron chi connectivity index (χ2n) is 7.25. The van der Waals surface area contributed by atoms with E-state index in [9.17, 15) is 4.79 Å². The molecule has 4 rings (SSSR count). The summed E-state index contributed by atoms with van der Waals surface area (Å²) >= 11 is 0. The van der Waals surface area contributed by atoms with E-state index in [1.165, 1.54) is 5.69 Å². The summed E-state index contributed by atoms with van der Waals surface area (Å²) in [6, 6.07) is 13.8. The molecule has 2 aliphatic heterocycles. The number of ether oxygens (including phenoxy) is 1. The van der Waals surface area contributed by atoms with Crippen LogP contribution >= 0.6 is 0 Å². The smallest absolute Gasteiger partial charge is 0.241 e. The van der Waals surface area contributed by atoms with E-state index < -0.39 is 0 Å². The highest BCUT2D eigenvalue weighted by atomic mass is 16.5. The summed E-state index contributed by atoms with van der Waals surface area (Å²) < 4.78 is 5.24. The Kier molecular flexibility index (Phi) is 5.73. The summed E-state index contributed by atoms with van der Waals surface area (Å²) in [5, 5.41) is 0. The van der Waals surface area contributed by atoms with Crippen LogP contribution in [0.1, 0.15) is 24.6 Å². The van der Waals surface area contributed by atoms with E-state index in [2.05, 4.69) is 32.9 Å². The molecule has 28 heavy (non-hydrogen) atoms. The first kappa shape index (κ1) is 18.7. The van der Waals surface area contributed by atoms with Gasteiger partial charge in [0.1, 0.15) is 11.8 Å². The van der Waals surface area contributed by atoms with Crippen molar-refractivity contribution < 1.29 is 9.53 Å². The Morgan fingerprint density at radius 1 is 1.07 bits per heavy atom. The van der Waals surface area contributed by atoms with E-state index >= 15 is 0 Å². The van der Waals surface area contributed by atoms with Crippen LogP contribution < -0.4 is 20.5 Å². The van der Waals surface area contributed by atoms with Crippen LogP contribution in [0.2, 0.25) is 0 Å². The number of carbonyl (C=O) groups is 1. The van der Waals surface area contributed by atoms with Gasteiger partial charge in [0.2, 0.25) is 5.91 Å². The van der Waals surface area contributed by atoms with Gasteiger partial charge in [0.25, 0.3) is 0 Å². The van der Waals surface area contributed by atoms with Crippen molar-refractivity contribution in [1.82, 2.24) is 20.7 Å². The van der Waals surface area contributed by atoms with Gasteiger partial charge in [0.15, 0.2) is 0 Å². The minimum atomic E-state index is -0.209. The number of nitrogens with zero attached hydrogens (tertiary/aromatic N) is 3. The van der Waals surface area contributed by atoms with Crippen LogP contribution in [0.15, 0.2) is 48.7 Å². The molecule has 148 valence electrons. The molecule has 0 aliphatic carbocycles. The molecule has 2 aromatic rings. The second-order valence-corrected chi connectivity index (χ2v) is 7.25. The zero-order valence-electron chi connectivity index (χ0n) is 16.2. The average molecular weight is 381 g/mol. The maximum Gasteiger partial charge on any atom is 0.241 e. The highest BCUT2D eigenvalue weighted by Gasteiger charge is 2.34. The van der Waals surface area contributed by atoms with Gasteiger partial charge in [-0.1, -0.05) is 6.07 Å². The number of nitrogens with one attached hydrogen (secondary N) is 2. The number of anilines is 1. The third-order valence-corrected chi connectivity index (χ3v) is 5.49. The summed E-state index contributed by atoms with van der Waals surface area (Å²) in [5.41, 5.74) is 8.53. The van der Waals surface area contributed by atoms with E-state index in [1.807, 2.05) is 35.2 Å². The molecule has 2 atom stereocenters. The summed E-state index contributed by atoms with van der Waals surface area (Å²) in [6.07, 6.45) is 3.46. The standard InChI is InChI=1S/C21H27N5O2/c1-28-17-8-6-16(7-9-17)25-11-4-12-26(14-13-25)21(27)20-15-19(23-24-20)18-5-2-3-10-22-18/h2-3,5-10,19-20,23-24H,4,11-15H2,1H3. The van der Waals surface area contributed by atoms with Gasteiger partial charge in [-0.2, -0.15) is 0 Å². The first-order valence-electron chi connectivity index (χ1n) is 9.84. The summed E-state index contributed by atoms with van der Waals surface area (Å²) in [6.45, 7) is 3.31. The van der Waals surface area contributed by atoms with Gasteiger partial charge >= 0.3 is 0 Å². The molecule has 2 saturated heterocycles. The first-order chi connectivity index (χ1) is 13.7. The third kappa shape index (κ3) is 4.10. The molecule has 3 heterocycles. The van der Waals surface area contributed by atoms with Crippen LogP contribution in [0.3, 0.4) is 0 Å². The Balaban J connectivity index is 1.34. The fourth-order valence-corrected chi connectivity index (χ4v) is 3.90. The molecule has 1 amide bonds. The Labute approximate surface area is 165 Å². The van der Waals surface area contributed by atoms with Gasteiger partial charge in [0, 0.05) is 38.1 Å².